The summed E-state index contributed by atoms with van der Waals surface area (Å²) in [5, 5.41) is 0.249. The van der Waals surface area contributed by atoms with Crippen molar-refractivity contribution in [2.45, 2.75) is 13.8 Å². The maximum Gasteiger partial charge on any atom is 0.222 e. The zero-order valence-electron chi connectivity index (χ0n) is 6.35. The zero-order chi connectivity index (χ0) is 8.43. The maximum absolute atomic E-state index is 5.59. The van der Waals surface area contributed by atoms with Gasteiger partial charge in [-0.25, -0.2) is 9.97 Å². The van der Waals surface area contributed by atoms with Crippen LogP contribution in [0.15, 0.2) is 0 Å². The minimum absolute atomic E-state index is 0.249. The molecule has 0 aromatic carbocycles. The van der Waals surface area contributed by atoms with E-state index in [1.54, 1.807) is 0 Å². The van der Waals surface area contributed by atoms with Gasteiger partial charge >= 0.3 is 0 Å². The van der Waals surface area contributed by atoms with E-state index < -0.39 is 0 Å². The summed E-state index contributed by atoms with van der Waals surface area (Å²) in [7, 11) is 0. The van der Waals surface area contributed by atoms with Crippen molar-refractivity contribution >= 4 is 11.6 Å². The van der Waals surface area contributed by atoms with Gasteiger partial charge in [0.05, 0.1) is 17.0 Å². The molecular formula is C8H7ClN2. The Morgan fingerprint density at radius 2 is 1.73 bits per heavy atom. The second kappa shape index (κ2) is 2.89. The molecule has 0 aliphatic carbocycles. The van der Waals surface area contributed by atoms with Crippen LogP contribution in [0.1, 0.15) is 17.0 Å². The standard InChI is InChI=1S/C8H7ClN2/c1-4-7-5(2)10-8(9)11-6(7)3/h1H,2-3H3. The highest BCUT2D eigenvalue weighted by molar-refractivity contribution is 6.28. The third-order valence-electron chi connectivity index (χ3n) is 1.39. The fourth-order valence-corrected chi connectivity index (χ4v) is 1.14. The van der Waals surface area contributed by atoms with Crippen molar-refractivity contribution in [1.29, 1.82) is 0 Å². The Morgan fingerprint density at radius 1 is 1.27 bits per heavy atom. The first-order chi connectivity index (χ1) is 5.15. The van der Waals surface area contributed by atoms with E-state index in [0.29, 0.717) is 0 Å². The van der Waals surface area contributed by atoms with Crippen LogP contribution in [-0.4, -0.2) is 9.97 Å². The van der Waals surface area contributed by atoms with Gasteiger partial charge in [-0.3, -0.25) is 0 Å². The maximum atomic E-state index is 5.59. The molecule has 1 heterocycles. The fourth-order valence-electron chi connectivity index (χ4n) is 0.884. The Labute approximate surface area is 70.6 Å². The fraction of sp³-hybridized carbons (Fsp3) is 0.250. The van der Waals surface area contributed by atoms with Crippen molar-refractivity contribution in [1.82, 2.24) is 9.97 Å². The number of aromatic nitrogens is 2. The second-order valence-electron chi connectivity index (χ2n) is 2.18. The van der Waals surface area contributed by atoms with Crippen molar-refractivity contribution < 1.29 is 0 Å². The number of hydrogen-bond donors (Lipinski definition) is 0. The molecule has 0 aliphatic rings. The van der Waals surface area contributed by atoms with E-state index in [1.165, 1.54) is 0 Å². The van der Waals surface area contributed by atoms with Crippen molar-refractivity contribution in [3.05, 3.63) is 22.2 Å². The van der Waals surface area contributed by atoms with Crippen LogP contribution in [0.4, 0.5) is 0 Å². The Balaban J connectivity index is 3.40. The molecule has 56 valence electrons. The van der Waals surface area contributed by atoms with Gasteiger partial charge in [-0.15, -0.1) is 6.42 Å². The highest BCUT2D eigenvalue weighted by Gasteiger charge is 2.03. The lowest BCUT2D eigenvalue weighted by molar-refractivity contribution is 1.04. The van der Waals surface area contributed by atoms with Crippen molar-refractivity contribution in [3.8, 4) is 12.3 Å². The minimum atomic E-state index is 0.249. The van der Waals surface area contributed by atoms with E-state index in [9.17, 15) is 0 Å². The quantitative estimate of drug-likeness (QED) is 0.433. The number of rotatable bonds is 0. The van der Waals surface area contributed by atoms with Crippen LogP contribution in [0, 0.1) is 26.2 Å². The predicted octanol–water partition coefficient (Wildman–Crippen LogP) is 1.73. The average molecular weight is 167 g/mol. The summed E-state index contributed by atoms with van der Waals surface area (Å²) in [4.78, 5) is 7.83. The first-order valence-electron chi connectivity index (χ1n) is 3.12. The van der Waals surface area contributed by atoms with Crippen molar-refractivity contribution in [3.63, 3.8) is 0 Å². The third-order valence-corrected chi connectivity index (χ3v) is 1.56. The Hall–Kier alpha value is -1.07. The van der Waals surface area contributed by atoms with Gasteiger partial charge in [0.1, 0.15) is 0 Å². The molecule has 11 heavy (non-hydrogen) atoms. The van der Waals surface area contributed by atoms with Gasteiger partial charge in [-0.2, -0.15) is 0 Å². The molecule has 1 aromatic heterocycles. The van der Waals surface area contributed by atoms with E-state index in [-0.39, 0.29) is 5.28 Å². The lowest BCUT2D eigenvalue weighted by Crippen LogP contribution is -1.96. The molecule has 1 rings (SSSR count). The summed E-state index contributed by atoms with van der Waals surface area (Å²) in [6.07, 6.45) is 5.23. The summed E-state index contributed by atoms with van der Waals surface area (Å²) in [5.74, 6) is 2.51. The van der Waals surface area contributed by atoms with Gasteiger partial charge in [0, 0.05) is 0 Å². The van der Waals surface area contributed by atoms with Crippen LogP contribution < -0.4 is 0 Å². The van der Waals surface area contributed by atoms with Gasteiger partial charge in [0.25, 0.3) is 0 Å². The van der Waals surface area contributed by atoms with Crippen molar-refractivity contribution in [2.24, 2.45) is 0 Å². The average Bonchev–Trinajstić information content (AvgIpc) is 1.85. The first kappa shape index (κ1) is 8.03. The highest BCUT2D eigenvalue weighted by Crippen LogP contribution is 2.10. The van der Waals surface area contributed by atoms with E-state index in [2.05, 4.69) is 15.9 Å². The number of hydrogen-bond acceptors (Lipinski definition) is 2. The number of halogens is 1. The number of terminal acetylenes is 1. The lowest BCUT2D eigenvalue weighted by Gasteiger charge is -2.00. The number of nitrogens with zero attached hydrogens (tertiary/aromatic N) is 2. The normalized spacial score (nSPS) is 9.27. The van der Waals surface area contributed by atoms with Gasteiger partial charge < -0.3 is 0 Å². The van der Waals surface area contributed by atoms with Gasteiger partial charge in [0.2, 0.25) is 5.28 Å². The molecule has 0 saturated carbocycles. The van der Waals surface area contributed by atoms with Gasteiger partial charge in [-0.1, -0.05) is 5.92 Å². The Morgan fingerprint density at radius 3 is 2.09 bits per heavy atom. The molecule has 1 aromatic rings. The lowest BCUT2D eigenvalue weighted by atomic mass is 10.2. The van der Waals surface area contributed by atoms with E-state index >= 15 is 0 Å². The summed E-state index contributed by atoms with van der Waals surface area (Å²) in [6, 6.07) is 0. The molecule has 3 heteroatoms. The monoisotopic (exact) mass is 166 g/mol. The molecule has 0 unspecified atom stereocenters. The van der Waals surface area contributed by atoms with Gasteiger partial charge in [-0.05, 0) is 25.4 Å². The van der Waals surface area contributed by atoms with E-state index in [0.717, 1.165) is 17.0 Å². The second-order valence-corrected chi connectivity index (χ2v) is 2.52. The molecule has 0 fully saturated rings. The highest BCUT2D eigenvalue weighted by atomic mass is 35.5. The van der Waals surface area contributed by atoms with Crippen LogP contribution in [0.3, 0.4) is 0 Å². The SMILES string of the molecule is C#Cc1c(C)nc(Cl)nc1C. The van der Waals surface area contributed by atoms with Gasteiger partial charge in [0.15, 0.2) is 0 Å². The summed E-state index contributed by atoms with van der Waals surface area (Å²) >= 11 is 5.59. The molecular weight excluding hydrogens is 160 g/mol. The molecule has 0 bridgehead atoms. The predicted molar refractivity (Wildman–Crippen MR) is 44.5 cm³/mol. The smallest absolute Gasteiger partial charge is 0.222 e. The molecule has 0 spiro atoms. The first-order valence-corrected chi connectivity index (χ1v) is 3.50. The van der Waals surface area contributed by atoms with E-state index in [4.69, 9.17) is 18.0 Å². The Kier molecular flexibility index (Phi) is 2.11. The largest absolute Gasteiger partial charge is 0.222 e. The topological polar surface area (TPSA) is 25.8 Å². The van der Waals surface area contributed by atoms with E-state index in [1.807, 2.05) is 13.8 Å². The van der Waals surface area contributed by atoms with Crippen molar-refractivity contribution in [2.75, 3.05) is 0 Å². The minimum Gasteiger partial charge on any atom is -0.222 e. The summed E-state index contributed by atoms with van der Waals surface area (Å²) in [5.41, 5.74) is 2.24. The van der Waals surface area contributed by atoms with Crippen LogP contribution in [-0.2, 0) is 0 Å². The third kappa shape index (κ3) is 1.50. The molecule has 0 atom stereocenters. The molecule has 0 N–H and O–H groups in total. The number of aryl methyl sites for hydroxylation is 2. The van der Waals surface area contributed by atoms with Crippen LogP contribution in [0.25, 0.3) is 0 Å². The summed E-state index contributed by atoms with van der Waals surface area (Å²) in [6.45, 7) is 3.63. The molecule has 2 nitrogen and oxygen atoms in total. The molecule has 0 saturated heterocycles. The molecule has 0 radical (unpaired) electrons. The van der Waals surface area contributed by atoms with Crippen LogP contribution >= 0.6 is 11.6 Å². The van der Waals surface area contributed by atoms with Crippen LogP contribution in [0.5, 0.6) is 0 Å². The summed E-state index contributed by atoms with van der Waals surface area (Å²) < 4.78 is 0. The molecule has 0 amide bonds. The Bertz CT molecular complexity index is 302. The zero-order valence-corrected chi connectivity index (χ0v) is 7.11. The van der Waals surface area contributed by atoms with Crippen LogP contribution in [0.2, 0.25) is 5.28 Å². The molecule has 0 aliphatic heterocycles.